The number of ether oxygens (including phenoxy) is 3. The van der Waals surface area contributed by atoms with Gasteiger partial charge in [-0.1, -0.05) is 35.9 Å². The zero-order valence-corrected chi connectivity index (χ0v) is 17.8. The highest BCUT2D eigenvalue weighted by Gasteiger charge is 2.24. The summed E-state index contributed by atoms with van der Waals surface area (Å²) in [6, 6.07) is 17.0. The number of esters is 1. The summed E-state index contributed by atoms with van der Waals surface area (Å²) < 4.78 is 16.8. The van der Waals surface area contributed by atoms with Crippen molar-refractivity contribution in [3.63, 3.8) is 0 Å². The molecule has 0 aliphatic carbocycles. The van der Waals surface area contributed by atoms with Crippen LogP contribution in [0.15, 0.2) is 66.7 Å². The molecule has 168 valence electrons. The Hall–Kier alpha value is -4.11. The van der Waals surface area contributed by atoms with Gasteiger partial charge in [-0.15, -0.1) is 0 Å². The molecule has 1 aliphatic heterocycles. The molecule has 0 radical (unpaired) electrons. The van der Waals surface area contributed by atoms with Crippen LogP contribution in [-0.4, -0.2) is 36.1 Å². The van der Waals surface area contributed by atoms with E-state index in [1.807, 2.05) is 12.1 Å². The zero-order valence-electron chi connectivity index (χ0n) is 17.0. The summed E-state index contributed by atoms with van der Waals surface area (Å²) in [4.78, 5) is 35.6. The fourth-order valence-corrected chi connectivity index (χ4v) is 3.41. The number of non-ortho nitro benzene ring substituents is 1. The number of nitro benzene ring substituents is 1. The van der Waals surface area contributed by atoms with Crippen LogP contribution in [0, 0.1) is 10.1 Å². The van der Waals surface area contributed by atoms with Gasteiger partial charge < -0.3 is 19.5 Å². The molecule has 0 fully saturated rings. The molecule has 1 heterocycles. The summed E-state index contributed by atoms with van der Waals surface area (Å²) in [5.74, 6) is -0.102. The average Bonchev–Trinajstić information content (AvgIpc) is 2.82. The number of nitro groups is 1. The molecule has 10 heteroatoms. The van der Waals surface area contributed by atoms with Gasteiger partial charge in [0.15, 0.2) is 17.6 Å². The van der Waals surface area contributed by atoms with Crippen LogP contribution in [0.2, 0.25) is 5.02 Å². The fourth-order valence-electron chi connectivity index (χ4n) is 3.15. The first-order valence-corrected chi connectivity index (χ1v) is 10.2. The van der Waals surface area contributed by atoms with E-state index in [2.05, 4.69) is 5.32 Å². The number of nitrogens with zero attached hydrogens (tertiary/aromatic N) is 1. The molecule has 1 aliphatic rings. The lowest BCUT2D eigenvalue weighted by Crippen LogP contribution is -2.34. The van der Waals surface area contributed by atoms with Gasteiger partial charge in [0.2, 0.25) is 0 Å². The minimum atomic E-state index is -0.664. The fraction of sp³-hybridized carbons (Fsp3) is 0.130. The molecule has 0 saturated carbocycles. The normalized spacial score (nSPS) is 14.3. The van der Waals surface area contributed by atoms with Crippen molar-refractivity contribution >= 4 is 34.9 Å². The van der Waals surface area contributed by atoms with E-state index in [9.17, 15) is 19.7 Å². The molecule has 0 bridgehead atoms. The Morgan fingerprint density at radius 2 is 1.79 bits per heavy atom. The van der Waals surface area contributed by atoms with Gasteiger partial charge in [-0.2, -0.15) is 0 Å². The molecule has 33 heavy (non-hydrogen) atoms. The Morgan fingerprint density at radius 1 is 1.06 bits per heavy atom. The van der Waals surface area contributed by atoms with Gasteiger partial charge in [-0.3, -0.25) is 14.9 Å². The molecule has 3 aromatic carbocycles. The lowest BCUT2D eigenvalue weighted by Gasteiger charge is -2.26. The maximum absolute atomic E-state index is 12.7. The number of para-hydroxylation sites is 3. The van der Waals surface area contributed by atoms with Crippen LogP contribution < -0.4 is 14.8 Å². The minimum absolute atomic E-state index is 0.0249. The zero-order chi connectivity index (χ0) is 23.4. The van der Waals surface area contributed by atoms with E-state index in [0.29, 0.717) is 11.5 Å². The topological polar surface area (TPSA) is 117 Å². The molecule has 1 atom stereocenters. The molecule has 3 aromatic rings. The van der Waals surface area contributed by atoms with Crippen LogP contribution in [-0.2, 0) is 4.74 Å². The predicted molar refractivity (Wildman–Crippen MR) is 119 cm³/mol. The van der Waals surface area contributed by atoms with Crippen LogP contribution in [0.3, 0.4) is 0 Å². The Labute approximate surface area is 193 Å². The van der Waals surface area contributed by atoms with Crippen molar-refractivity contribution in [1.29, 1.82) is 0 Å². The Balaban J connectivity index is 1.42. The maximum Gasteiger partial charge on any atom is 0.340 e. The molecule has 0 spiro atoms. The summed E-state index contributed by atoms with van der Waals surface area (Å²) in [5, 5.41) is 13.4. The number of rotatable bonds is 6. The summed E-state index contributed by atoms with van der Waals surface area (Å²) in [6.07, 6.45) is -0.482. The Kier molecular flexibility index (Phi) is 6.41. The van der Waals surface area contributed by atoms with Gasteiger partial charge in [0.25, 0.3) is 11.6 Å². The van der Waals surface area contributed by atoms with Gasteiger partial charge >= 0.3 is 5.97 Å². The first-order chi connectivity index (χ1) is 15.9. The molecule has 0 saturated heterocycles. The number of anilines is 1. The Morgan fingerprint density at radius 3 is 2.55 bits per heavy atom. The van der Waals surface area contributed by atoms with Crippen molar-refractivity contribution < 1.29 is 28.7 Å². The highest BCUT2D eigenvalue weighted by Crippen LogP contribution is 2.31. The third-order valence-electron chi connectivity index (χ3n) is 4.77. The summed E-state index contributed by atoms with van der Waals surface area (Å²) in [7, 11) is 0. The number of amides is 1. The van der Waals surface area contributed by atoms with E-state index in [-0.39, 0.29) is 40.7 Å². The first kappa shape index (κ1) is 22.1. The second-order valence-corrected chi connectivity index (χ2v) is 7.42. The van der Waals surface area contributed by atoms with Gasteiger partial charge in [0.05, 0.1) is 26.8 Å². The number of halogens is 1. The van der Waals surface area contributed by atoms with E-state index in [1.165, 1.54) is 24.3 Å². The molecule has 1 N–H and O–H groups in total. The second kappa shape index (κ2) is 9.58. The highest BCUT2D eigenvalue weighted by atomic mass is 35.5. The van der Waals surface area contributed by atoms with E-state index in [0.717, 1.165) is 6.07 Å². The maximum atomic E-state index is 12.7. The van der Waals surface area contributed by atoms with E-state index in [1.54, 1.807) is 24.3 Å². The van der Waals surface area contributed by atoms with Gasteiger partial charge in [-0.25, -0.2) is 4.79 Å². The minimum Gasteiger partial charge on any atom is -0.486 e. The quantitative estimate of drug-likeness (QED) is 0.321. The van der Waals surface area contributed by atoms with Crippen molar-refractivity contribution in [3.05, 3.63) is 93.0 Å². The number of carbonyl (C=O) groups excluding carboxylic acids is 2. The predicted octanol–water partition coefficient (Wildman–Crippen LogP) is 4.50. The molecule has 4 rings (SSSR count). The summed E-state index contributed by atoms with van der Waals surface area (Å²) in [5.41, 5.74) is 0.114. The SMILES string of the molecule is O=C(Nc1ccccc1C(=O)OCC1COc2ccccc2O1)c1ccc([N+](=O)[O-])cc1Cl. The van der Waals surface area contributed by atoms with Crippen LogP contribution in [0.25, 0.3) is 0 Å². The van der Waals surface area contributed by atoms with Crippen LogP contribution in [0.1, 0.15) is 20.7 Å². The van der Waals surface area contributed by atoms with E-state index >= 15 is 0 Å². The molecular formula is C23H17ClN2O7. The monoisotopic (exact) mass is 468 g/mol. The first-order valence-electron chi connectivity index (χ1n) is 9.82. The summed E-state index contributed by atoms with van der Waals surface area (Å²) in [6.45, 7) is 0.172. The van der Waals surface area contributed by atoms with Gasteiger partial charge in [0, 0.05) is 12.1 Å². The average molecular weight is 469 g/mol. The standard InChI is InChI=1S/C23H17ClN2O7/c24-18-11-14(26(29)30)9-10-16(18)22(27)25-19-6-2-1-5-17(19)23(28)32-13-15-12-31-20-7-3-4-8-21(20)33-15/h1-11,15H,12-13H2,(H,25,27). The van der Waals surface area contributed by atoms with Crippen molar-refractivity contribution in [3.8, 4) is 11.5 Å². The van der Waals surface area contributed by atoms with Crippen molar-refractivity contribution in [1.82, 2.24) is 0 Å². The van der Waals surface area contributed by atoms with Crippen molar-refractivity contribution in [2.75, 3.05) is 18.5 Å². The molecule has 1 amide bonds. The third kappa shape index (κ3) is 5.04. The van der Waals surface area contributed by atoms with Crippen LogP contribution in [0.5, 0.6) is 11.5 Å². The van der Waals surface area contributed by atoms with Gasteiger partial charge in [-0.05, 0) is 30.3 Å². The van der Waals surface area contributed by atoms with E-state index in [4.69, 9.17) is 25.8 Å². The third-order valence-corrected chi connectivity index (χ3v) is 5.08. The van der Waals surface area contributed by atoms with Crippen LogP contribution in [0.4, 0.5) is 11.4 Å². The highest BCUT2D eigenvalue weighted by molar-refractivity contribution is 6.34. The number of benzene rings is 3. The molecule has 0 aromatic heterocycles. The number of hydrogen-bond donors (Lipinski definition) is 1. The lowest BCUT2D eigenvalue weighted by molar-refractivity contribution is -0.384. The smallest absolute Gasteiger partial charge is 0.340 e. The van der Waals surface area contributed by atoms with Crippen molar-refractivity contribution in [2.24, 2.45) is 0 Å². The molecule has 1 unspecified atom stereocenters. The number of carbonyl (C=O) groups is 2. The number of fused-ring (bicyclic) bond motifs is 1. The molecular weight excluding hydrogens is 452 g/mol. The van der Waals surface area contributed by atoms with E-state index < -0.39 is 22.9 Å². The Bertz CT molecular complexity index is 1230. The largest absolute Gasteiger partial charge is 0.486 e. The number of nitrogens with one attached hydrogen (secondary N) is 1. The van der Waals surface area contributed by atoms with Crippen molar-refractivity contribution in [2.45, 2.75) is 6.10 Å². The van der Waals surface area contributed by atoms with Crippen LogP contribution >= 0.6 is 11.6 Å². The molecule has 9 nitrogen and oxygen atoms in total. The summed E-state index contributed by atoms with van der Waals surface area (Å²) >= 11 is 6.03. The lowest BCUT2D eigenvalue weighted by atomic mass is 10.1. The number of hydrogen-bond acceptors (Lipinski definition) is 7. The van der Waals surface area contributed by atoms with Gasteiger partial charge in [0.1, 0.15) is 13.2 Å². The second-order valence-electron chi connectivity index (χ2n) is 7.02.